The van der Waals surface area contributed by atoms with Crippen molar-refractivity contribution < 1.29 is 27.1 Å². The number of amides is 2. The van der Waals surface area contributed by atoms with Crippen LogP contribution < -0.4 is 15.0 Å². The molecule has 10 heteroatoms. The second-order valence-electron chi connectivity index (χ2n) is 8.64. The van der Waals surface area contributed by atoms with E-state index in [0.717, 1.165) is 36.3 Å². The summed E-state index contributed by atoms with van der Waals surface area (Å²) >= 11 is 0. The second-order valence-corrected chi connectivity index (χ2v) is 8.64. The highest BCUT2D eigenvalue weighted by atomic mass is 19.4. The van der Waals surface area contributed by atoms with Gasteiger partial charge in [0.15, 0.2) is 11.7 Å². The van der Waals surface area contributed by atoms with Gasteiger partial charge in [-0.05, 0) is 36.6 Å². The van der Waals surface area contributed by atoms with Crippen molar-refractivity contribution in [2.45, 2.75) is 25.9 Å². The number of hydrogen-bond donors (Lipinski definition) is 1. The van der Waals surface area contributed by atoms with E-state index in [0.29, 0.717) is 49.0 Å². The van der Waals surface area contributed by atoms with Crippen LogP contribution in [0.1, 0.15) is 23.4 Å². The van der Waals surface area contributed by atoms with Gasteiger partial charge in [0.25, 0.3) is 0 Å². The maximum atomic E-state index is 12.9. The number of alkyl halides is 3. The summed E-state index contributed by atoms with van der Waals surface area (Å²) in [5.74, 6) is 1.90. The topological polar surface area (TPSA) is 70.8 Å². The third-order valence-electron chi connectivity index (χ3n) is 6.16. The molecule has 0 saturated carbocycles. The zero-order chi connectivity index (χ0) is 25.7. The van der Waals surface area contributed by atoms with E-state index in [1.54, 1.807) is 31.2 Å². The Morgan fingerprint density at radius 3 is 2.69 bits per heavy atom. The number of rotatable bonds is 6. The van der Waals surface area contributed by atoms with Crippen molar-refractivity contribution in [3.63, 3.8) is 0 Å². The fourth-order valence-electron chi connectivity index (χ4n) is 4.27. The molecule has 2 aromatic carbocycles. The molecule has 2 heterocycles. The molecule has 3 aromatic rings. The molecule has 0 spiro atoms. The van der Waals surface area contributed by atoms with Gasteiger partial charge in [0.1, 0.15) is 5.75 Å². The molecule has 0 radical (unpaired) electrons. The van der Waals surface area contributed by atoms with Crippen LogP contribution >= 0.6 is 0 Å². The number of ether oxygens (including phenoxy) is 1. The summed E-state index contributed by atoms with van der Waals surface area (Å²) in [6.07, 6.45) is -1.60. The van der Waals surface area contributed by atoms with Crippen molar-refractivity contribution in [2.75, 3.05) is 44.7 Å². The zero-order valence-electron chi connectivity index (χ0n) is 20.3. The number of halogens is 3. The summed E-state index contributed by atoms with van der Waals surface area (Å²) < 4.78 is 49.9. The molecular formula is C26H29F3N4O3. The van der Waals surface area contributed by atoms with Crippen LogP contribution in [0.25, 0.3) is 11.3 Å². The Bertz CT molecular complexity index is 1200. The highest BCUT2D eigenvalue weighted by Gasteiger charge is 2.30. The van der Waals surface area contributed by atoms with Crippen molar-refractivity contribution in [2.24, 2.45) is 0 Å². The molecular weight excluding hydrogens is 473 g/mol. The Morgan fingerprint density at radius 1 is 1.14 bits per heavy atom. The van der Waals surface area contributed by atoms with Gasteiger partial charge in [-0.1, -0.05) is 18.2 Å². The third-order valence-corrected chi connectivity index (χ3v) is 6.16. The van der Waals surface area contributed by atoms with Crippen LogP contribution in [0.5, 0.6) is 5.75 Å². The van der Waals surface area contributed by atoms with Crippen LogP contribution in [0.3, 0.4) is 0 Å². The number of carbonyl (C=O) groups is 1. The number of urea groups is 1. The summed E-state index contributed by atoms with van der Waals surface area (Å²) in [5, 5.41) is 2.84. The summed E-state index contributed by atoms with van der Waals surface area (Å²) in [5.41, 5.74) is 1.65. The van der Waals surface area contributed by atoms with Crippen molar-refractivity contribution in [1.29, 1.82) is 0 Å². The van der Waals surface area contributed by atoms with Gasteiger partial charge in [-0.2, -0.15) is 13.2 Å². The molecule has 1 aliphatic heterocycles. The Kier molecular flexibility index (Phi) is 7.71. The number of oxazole rings is 1. The van der Waals surface area contributed by atoms with Crippen molar-refractivity contribution in [3.05, 3.63) is 65.7 Å². The van der Waals surface area contributed by atoms with E-state index < -0.39 is 11.7 Å². The third kappa shape index (κ3) is 6.10. The fraction of sp³-hybridized carbons (Fsp3) is 0.385. The first-order valence-electron chi connectivity index (χ1n) is 11.8. The van der Waals surface area contributed by atoms with Crippen LogP contribution in [0.15, 0.2) is 53.1 Å². The van der Waals surface area contributed by atoms with Crippen LogP contribution in [-0.2, 0) is 12.6 Å². The van der Waals surface area contributed by atoms with E-state index in [4.69, 9.17) is 9.15 Å². The Balaban J connectivity index is 1.32. The maximum Gasteiger partial charge on any atom is 0.416 e. The van der Waals surface area contributed by atoms with Crippen molar-refractivity contribution in [3.8, 4) is 17.1 Å². The van der Waals surface area contributed by atoms with E-state index >= 15 is 0 Å². The normalized spacial score (nSPS) is 14.5. The Labute approximate surface area is 207 Å². The SMILES string of the molecule is COc1cc(N2CCCN(C(=O)NCCc3cccc(C(F)(F)F)c3)CC2)ccc1-c1cnc(C)o1. The number of anilines is 1. The largest absolute Gasteiger partial charge is 0.496 e. The van der Waals surface area contributed by atoms with Gasteiger partial charge in [0.05, 0.1) is 24.4 Å². The molecule has 4 rings (SSSR count). The van der Waals surface area contributed by atoms with Gasteiger partial charge < -0.3 is 24.3 Å². The predicted molar refractivity (Wildman–Crippen MR) is 130 cm³/mol. The molecule has 0 aliphatic carbocycles. The van der Waals surface area contributed by atoms with E-state index in [-0.39, 0.29) is 12.6 Å². The Hall–Kier alpha value is -3.69. The number of methoxy groups -OCH3 is 1. The first-order chi connectivity index (χ1) is 17.2. The van der Waals surface area contributed by atoms with Gasteiger partial charge in [-0.15, -0.1) is 0 Å². The molecule has 1 fully saturated rings. The van der Waals surface area contributed by atoms with E-state index in [1.165, 1.54) is 6.07 Å². The van der Waals surface area contributed by atoms with Crippen molar-refractivity contribution in [1.82, 2.24) is 15.2 Å². The molecule has 2 amide bonds. The number of benzene rings is 2. The lowest BCUT2D eigenvalue weighted by Gasteiger charge is -2.24. The lowest BCUT2D eigenvalue weighted by atomic mass is 10.1. The summed E-state index contributed by atoms with van der Waals surface area (Å²) in [6, 6.07) is 10.9. The molecule has 36 heavy (non-hydrogen) atoms. The monoisotopic (exact) mass is 502 g/mol. The fourth-order valence-corrected chi connectivity index (χ4v) is 4.27. The molecule has 0 atom stereocenters. The van der Waals surface area contributed by atoms with Crippen LogP contribution in [-0.4, -0.2) is 55.7 Å². The maximum absolute atomic E-state index is 12.9. The van der Waals surface area contributed by atoms with E-state index in [2.05, 4.69) is 15.2 Å². The average molecular weight is 503 g/mol. The number of hydrogen-bond acceptors (Lipinski definition) is 5. The second kappa shape index (κ2) is 10.9. The average Bonchev–Trinajstić information content (AvgIpc) is 3.14. The predicted octanol–water partition coefficient (Wildman–Crippen LogP) is 5.14. The minimum atomic E-state index is -4.38. The molecule has 0 unspecified atom stereocenters. The smallest absolute Gasteiger partial charge is 0.416 e. The van der Waals surface area contributed by atoms with Gasteiger partial charge in [-0.3, -0.25) is 0 Å². The number of carbonyl (C=O) groups excluding carboxylic acids is 1. The summed E-state index contributed by atoms with van der Waals surface area (Å²) in [6.45, 7) is 4.59. The molecule has 1 aromatic heterocycles. The van der Waals surface area contributed by atoms with Crippen LogP contribution in [0.4, 0.5) is 23.7 Å². The highest BCUT2D eigenvalue weighted by molar-refractivity contribution is 5.74. The summed E-state index contributed by atoms with van der Waals surface area (Å²) in [7, 11) is 1.61. The first kappa shape index (κ1) is 25.4. The molecule has 1 N–H and O–H groups in total. The van der Waals surface area contributed by atoms with Crippen LogP contribution in [0, 0.1) is 6.92 Å². The minimum absolute atomic E-state index is 0.211. The van der Waals surface area contributed by atoms with Gasteiger partial charge in [0, 0.05) is 51.4 Å². The molecule has 7 nitrogen and oxygen atoms in total. The quantitative estimate of drug-likeness (QED) is 0.505. The number of nitrogens with one attached hydrogen (secondary N) is 1. The minimum Gasteiger partial charge on any atom is -0.496 e. The number of aryl methyl sites for hydroxylation is 1. The molecule has 0 bridgehead atoms. The lowest BCUT2D eigenvalue weighted by molar-refractivity contribution is -0.137. The van der Waals surface area contributed by atoms with Gasteiger partial charge >= 0.3 is 12.2 Å². The highest BCUT2D eigenvalue weighted by Crippen LogP contribution is 2.34. The summed E-state index contributed by atoms with van der Waals surface area (Å²) in [4.78, 5) is 20.8. The lowest BCUT2D eigenvalue weighted by Crippen LogP contribution is -2.42. The van der Waals surface area contributed by atoms with Crippen LogP contribution in [0.2, 0.25) is 0 Å². The van der Waals surface area contributed by atoms with Gasteiger partial charge in [-0.25, -0.2) is 9.78 Å². The molecule has 1 aliphatic rings. The standard InChI is InChI=1S/C26H29F3N4O3/c1-18-31-17-24(36-18)22-8-7-21(16-23(22)35-2)32-11-4-12-33(14-13-32)25(34)30-10-9-19-5-3-6-20(15-19)26(27,28)29/h3,5-8,15-17H,4,9-14H2,1-2H3,(H,30,34). The van der Waals surface area contributed by atoms with Crippen molar-refractivity contribution >= 4 is 11.7 Å². The number of aromatic nitrogens is 1. The Morgan fingerprint density at radius 2 is 1.97 bits per heavy atom. The number of nitrogens with zero attached hydrogens (tertiary/aromatic N) is 3. The zero-order valence-corrected chi connectivity index (χ0v) is 20.3. The van der Waals surface area contributed by atoms with Gasteiger partial charge in [0.2, 0.25) is 0 Å². The van der Waals surface area contributed by atoms with E-state index in [9.17, 15) is 18.0 Å². The molecule has 192 valence electrons. The first-order valence-corrected chi connectivity index (χ1v) is 11.8. The van der Waals surface area contributed by atoms with E-state index in [1.807, 2.05) is 18.2 Å². The molecule has 1 saturated heterocycles.